The Morgan fingerprint density at radius 3 is 2.17 bits per heavy atom. The van der Waals surface area contributed by atoms with Gasteiger partial charge in [-0.05, 0) is 35.9 Å². The highest BCUT2D eigenvalue weighted by Crippen LogP contribution is 2.30. The molecule has 2 rings (SSSR count). The third-order valence-electron chi connectivity index (χ3n) is 4.23. The molecule has 0 fully saturated rings. The fraction of sp³-hybridized carbons (Fsp3) is 0.316. The number of nitrogens with one attached hydrogen (secondary N) is 1. The lowest BCUT2D eigenvalue weighted by Crippen LogP contribution is -2.30. The fourth-order valence-corrected chi connectivity index (χ4v) is 4.16. The van der Waals surface area contributed by atoms with Gasteiger partial charge >= 0.3 is 6.18 Å². The second kappa shape index (κ2) is 8.83. The number of nitrogens with zero attached hydrogens (tertiary/aromatic N) is 1. The van der Waals surface area contributed by atoms with Gasteiger partial charge in [0, 0.05) is 13.1 Å². The fourth-order valence-electron chi connectivity index (χ4n) is 2.68. The van der Waals surface area contributed by atoms with Crippen molar-refractivity contribution < 1.29 is 31.5 Å². The number of alkyl halides is 3. The quantitative estimate of drug-likeness (QED) is 0.657. The monoisotopic (exact) mass is 430 g/mol. The second-order valence-electron chi connectivity index (χ2n) is 6.19. The Bertz CT molecular complexity index is 970. The minimum atomic E-state index is -4.47. The Labute approximate surface area is 167 Å². The second-order valence-corrected chi connectivity index (χ2v) is 8.13. The van der Waals surface area contributed by atoms with Crippen molar-refractivity contribution in [3.63, 3.8) is 0 Å². The van der Waals surface area contributed by atoms with Gasteiger partial charge in [-0.3, -0.25) is 4.79 Å². The molecule has 0 atom stereocenters. The van der Waals surface area contributed by atoms with Gasteiger partial charge in [-0.1, -0.05) is 26.0 Å². The van der Waals surface area contributed by atoms with Crippen molar-refractivity contribution in [1.29, 1.82) is 0 Å². The Kier molecular flexibility index (Phi) is 6.91. The van der Waals surface area contributed by atoms with Crippen LogP contribution in [0.3, 0.4) is 0 Å². The van der Waals surface area contributed by atoms with Gasteiger partial charge < -0.3 is 10.4 Å². The average molecular weight is 430 g/mol. The molecule has 0 bridgehead atoms. The number of sulfonamides is 1. The zero-order valence-corrected chi connectivity index (χ0v) is 16.6. The minimum absolute atomic E-state index is 0.0937. The van der Waals surface area contributed by atoms with Crippen molar-refractivity contribution in [3.8, 4) is 5.75 Å². The van der Waals surface area contributed by atoms with E-state index in [0.29, 0.717) is 5.56 Å². The first-order valence-corrected chi connectivity index (χ1v) is 10.2. The number of carbonyl (C=O) groups excluding carboxylic acids is 1. The highest BCUT2D eigenvalue weighted by Gasteiger charge is 2.30. The van der Waals surface area contributed by atoms with Gasteiger partial charge in [0.2, 0.25) is 15.9 Å². The predicted molar refractivity (Wildman–Crippen MR) is 102 cm³/mol. The van der Waals surface area contributed by atoms with Crippen molar-refractivity contribution >= 4 is 21.6 Å². The van der Waals surface area contributed by atoms with E-state index in [9.17, 15) is 31.5 Å². The summed E-state index contributed by atoms with van der Waals surface area (Å²) in [6, 6.07) is 7.65. The van der Waals surface area contributed by atoms with Crippen LogP contribution in [-0.4, -0.2) is 36.8 Å². The van der Waals surface area contributed by atoms with Crippen molar-refractivity contribution in [2.45, 2.75) is 31.3 Å². The standard InChI is InChI=1S/C19H21F3N2O4S/c1-3-24(4-2)29(27,28)15-9-10-17(25)16(12-15)23-18(26)11-13-5-7-14(8-6-13)19(20,21)22/h5-10,12,25H,3-4,11H2,1-2H3,(H,23,26). The number of halogens is 3. The maximum absolute atomic E-state index is 12.6. The van der Waals surface area contributed by atoms with Crippen LogP contribution in [0, 0.1) is 0 Å². The average Bonchev–Trinajstić information content (AvgIpc) is 2.63. The number of hydrogen-bond donors (Lipinski definition) is 2. The molecule has 0 saturated heterocycles. The normalized spacial score (nSPS) is 12.2. The molecule has 0 unspecified atom stereocenters. The zero-order valence-electron chi connectivity index (χ0n) is 15.8. The third kappa shape index (κ3) is 5.48. The number of amides is 1. The van der Waals surface area contributed by atoms with Crippen LogP contribution in [0.5, 0.6) is 5.75 Å². The number of hydrogen-bond acceptors (Lipinski definition) is 4. The topological polar surface area (TPSA) is 86.7 Å². The summed E-state index contributed by atoms with van der Waals surface area (Å²) in [6.45, 7) is 3.90. The van der Waals surface area contributed by atoms with E-state index >= 15 is 0 Å². The molecule has 2 aromatic carbocycles. The van der Waals surface area contributed by atoms with E-state index in [1.54, 1.807) is 13.8 Å². The summed E-state index contributed by atoms with van der Waals surface area (Å²) in [5, 5.41) is 12.3. The molecule has 0 saturated carbocycles. The first kappa shape index (κ1) is 22.7. The molecule has 0 spiro atoms. The largest absolute Gasteiger partial charge is 0.506 e. The third-order valence-corrected chi connectivity index (χ3v) is 6.28. The van der Waals surface area contributed by atoms with Crippen LogP contribution < -0.4 is 5.32 Å². The lowest BCUT2D eigenvalue weighted by Gasteiger charge is -2.19. The summed E-state index contributed by atoms with van der Waals surface area (Å²) >= 11 is 0. The number of carbonyl (C=O) groups is 1. The van der Waals surface area contributed by atoms with Crippen LogP contribution in [0.25, 0.3) is 0 Å². The smallest absolute Gasteiger partial charge is 0.416 e. The molecule has 6 nitrogen and oxygen atoms in total. The number of phenols is 1. The van der Waals surface area contributed by atoms with Crippen molar-refractivity contribution in [3.05, 3.63) is 53.6 Å². The molecule has 0 aliphatic rings. The van der Waals surface area contributed by atoms with E-state index in [4.69, 9.17) is 0 Å². The van der Waals surface area contributed by atoms with Gasteiger partial charge in [0.25, 0.3) is 0 Å². The lowest BCUT2D eigenvalue weighted by atomic mass is 10.1. The number of anilines is 1. The molecule has 0 aliphatic heterocycles. The molecule has 2 aromatic rings. The molecule has 29 heavy (non-hydrogen) atoms. The van der Waals surface area contributed by atoms with Crippen LogP contribution in [0.1, 0.15) is 25.0 Å². The van der Waals surface area contributed by atoms with E-state index < -0.39 is 27.7 Å². The molecular formula is C19H21F3N2O4S. The van der Waals surface area contributed by atoms with Crippen LogP contribution in [0.15, 0.2) is 47.4 Å². The molecule has 1 amide bonds. The summed E-state index contributed by atoms with van der Waals surface area (Å²) in [4.78, 5) is 12.1. The van der Waals surface area contributed by atoms with Crippen LogP contribution in [0.4, 0.5) is 18.9 Å². The zero-order chi connectivity index (χ0) is 21.8. The molecular weight excluding hydrogens is 409 g/mol. The van der Waals surface area contributed by atoms with Gasteiger partial charge in [-0.15, -0.1) is 0 Å². The Hall–Kier alpha value is -2.59. The number of phenolic OH excluding ortho intramolecular Hbond substituents is 1. The van der Waals surface area contributed by atoms with Gasteiger partial charge in [0.1, 0.15) is 5.75 Å². The Morgan fingerprint density at radius 2 is 1.66 bits per heavy atom. The number of benzene rings is 2. The molecule has 158 valence electrons. The summed E-state index contributed by atoms with van der Waals surface area (Å²) in [5.74, 6) is -0.943. The van der Waals surface area contributed by atoms with Gasteiger partial charge in [0.05, 0.1) is 22.6 Å². The summed E-state index contributed by atoms with van der Waals surface area (Å²) in [6.07, 6.45) is -4.71. The Balaban J connectivity index is 2.18. The summed E-state index contributed by atoms with van der Waals surface area (Å²) in [5.41, 5.74) is -0.592. The van der Waals surface area contributed by atoms with Crippen molar-refractivity contribution in [1.82, 2.24) is 4.31 Å². The van der Waals surface area contributed by atoms with Crippen molar-refractivity contribution in [2.24, 2.45) is 0 Å². The first-order valence-electron chi connectivity index (χ1n) is 8.78. The molecule has 0 aromatic heterocycles. The maximum Gasteiger partial charge on any atom is 0.416 e. The van der Waals surface area contributed by atoms with E-state index in [1.165, 1.54) is 22.5 Å². The maximum atomic E-state index is 12.6. The number of aromatic hydroxyl groups is 1. The Morgan fingerprint density at radius 1 is 1.07 bits per heavy atom. The molecule has 10 heteroatoms. The molecule has 2 N–H and O–H groups in total. The van der Waals surface area contributed by atoms with Gasteiger partial charge in [-0.2, -0.15) is 17.5 Å². The highest BCUT2D eigenvalue weighted by molar-refractivity contribution is 7.89. The minimum Gasteiger partial charge on any atom is -0.506 e. The molecule has 0 aliphatic carbocycles. The van der Waals surface area contributed by atoms with Crippen molar-refractivity contribution in [2.75, 3.05) is 18.4 Å². The van der Waals surface area contributed by atoms with Gasteiger partial charge in [0.15, 0.2) is 0 Å². The van der Waals surface area contributed by atoms with E-state index in [0.717, 1.165) is 24.3 Å². The first-order chi connectivity index (χ1) is 13.5. The summed E-state index contributed by atoms with van der Waals surface area (Å²) < 4.78 is 64.2. The van der Waals surface area contributed by atoms with Gasteiger partial charge in [-0.25, -0.2) is 8.42 Å². The lowest BCUT2D eigenvalue weighted by molar-refractivity contribution is -0.137. The number of rotatable bonds is 7. The SMILES string of the molecule is CCN(CC)S(=O)(=O)c1ccc(O)c(NC(=O)Cc2ccc(C(F)(F)F)cc2)c1. The van der Waals surface area contributed by atoms with Crippen LogP contribution in [0.2, 0.25) is 0 Å². The van der Waals surface area contributed by atoms with Crippen LogP contribution in [-0.2, 0) is 27.4 Å². The highest BCUT2D eigenvalue weighted by atomic mass is 32.2. The summed E-state index contributed by atoms with van der Waals surface area (Å²) in [7, 11) is -3.79. The molecule has 0 heterocycles. The predicted octanol–water partition coefficient (Wildman–Crippen LogP) is 3.62. The van der Waals surface area contributed by atoms with E-state index in [2.05, 4.69) is 5.32 Å². The van der Waals surface area contributed by atoms with Crippen LogP contribution >= 0.6 is 0 Å². The van der Waals surface area contributed by atoms with E-state index in [-0.39, 0.29) is 35.8 Å². The molecule has 0 radical (unpaired) electrons. The van der Waals surface area contributed by atoms with E-state index in [1.807, 2.05) is 0 Å².